The van der Waals surface area contributed by atoms with Crippen molar-refractivity contribution in [3.63, 3.8) is 0 Å². The Kier molecular flexibility index (Phi) is 3.06. The summed E-state index contributed by atoms with van der Waals surface area (Å²) in [4.78, 5) is 27.9. The van der Waals surface area contributed by atoms with Gasteiger partial charge in [0.2, 0.25) is 5.91 Å². The first kappa shape index (κ1) is 11.5. The van der Waals surface area contributed by atoms with Crippen molar-refractivity contribution in [3.05, 3.63) is 24.0 Å². The molecule has 1 atom stereocenters. The lowest BCUT2D eigenvalue weighted by Crippen LogP contribution is -2.27. The number of hydrogen-bond acceptors (Lipinski definition) is 4. The van der Waals surface area contributed by atoms with Crippen LogP contribution in [0.2, 0.25) is 0 Å². The largest absolute Gasteiger partial charge is 0.478 e. The van der Waals surface area contributed by atoms with Gasteiger partial charge >= 0.3 is 5.97 Å². The molecule has 1 saturated heterocycles. The number of carbonyl (C=O) groups excluding carboxylic acids is 1. The predicted molar refractivity (Wildman–Crippen MR) is 58.7 cm³/mol. The van der Waals surface area contributed by atoms with Crippen LogP contribution >= 0.6 is 0 Å². The molecule has 1 amide bonds. The summed E-state index contributed by atoms with van der Waals surface area (Å²) in [7, 11) is 0. The Labute approximate surface area is 97.5 Å². The molecule has 6 heteroatoms. The van der Waals surface area contributed by atoms with Gasteiger partial charge in [-0.25, -0.2) is 4.79 Å². The van der Waals surface area contributed by atoms with Gasteiger partial charge in [-0.05, 0) is 6.07 Å². The van der Waals surface area contributed by atoms with Gasteiger partial charge in [0.15, 0.2) is 0 Å². The molecule has 0 bridgehead atoms. The van der Waals surface area contributed by atoms with Crippen molar-refractivity contribution >= 4 is 17.6 Å². The third-order valence-corrected chi connectivity index (χ3v) is 2.78. The van der Waals surface area contributed by atoms with Crippen molar-refractivity contribution in [2.75, 3.05) is 18.1 Å². The maximum absolute atomic E-state index is 11.7. The zero-order valence-electron chi connectivity index (χ0n) is 9.04. The fraction of sp³-hybridized carbons (Fsp3) is 0.364. The van der Waals surface area contributed by atoms with E-state index in [4.69, 9.17) is 10.2 Å². The summed E-state index contributed by atoms with van der Waals surface area (Å²) in [5.74, 6) is -1.41. The van der Waals surface area contributed by atoms with Crippen LogP contribution in [0.4, 0.5) is 5.69 Å². The van der Waals surface area contributed by atoms with E-state index in [-0.39, 0.29) is 30.4 Å². The molecule has 17 heavy (non-hydrogen) atoms. The molecule has 2 rings (SSSR count). The van der Waals surface area contributed by atoms with Crippen molar-refractivity contribution in [2.45, 2.75) is 6.42 Å². The molecule has 1 aromatic rings. The minimum atomic E-state index is -1.12. The number of aromatic nitrogens is 1. The minimum Gasteiger partial charge on any atom is -0.478 e. The molecule has 6 nitrogen and oxygen atoms in total. The highest BCUT2D eigenvalue weighted by atomic mass is 16.4. The molecule has 1 unspecified atom stereocenters. The molecule has 0 spiro atoms. The molecule has 2 N–H and O–H groups in total. The van der Waals surface area contributed by atoms with Crippen LogP contribution < -0.4 is 4.90 Å². The summed E-state index contributed by atoms with van der Waals surface area (Å²) in [6.07, 6.45) is 2.91. The maximum Gasteiger partial charge on any atom is 0.339 e. The molecule has 1 aliphatic heterocycles. The number of carboxylic acids is 1. The fourth-order valence-corrected chi connectivity index (χ4v) is 1.92. The Morgan fingerprint density at radius 3 is 2.94 bits per heavy atom. The lowest BCUT2D eigenvalue weighted by molar-refractivity contribution is -0.117. The summed E-state index contributed by atoms with van der Waals surface area (Å²) in [6, 6.07) is 1.50. The quantitative estimate of drug-likeness (QED) is 0.778. The van der Waals surface area contributed by atoms with E-state index >= 15 is 0 Å². The third-order valence-electron chi connectivity index (χ3n) is 2.78. The second kappa shape index (κ2) is 4.50. The van der Waals surface area contributed by atoms with E-state index in [1.807, 2.05) is 0 Å². The van der Waals surface area contributed by atoms with Crippen LogP contribution in [0, 0.1) is 5.92 Å². The van der Waals surface area contributed by atoms with Crippen molar-refractivity contribution in [1.82, 2.24) is 4.98 Å². The van der Waals surface area contributed by atoms with Gasteiger partial charge in [0.1, 0.15) is 5.56 Å². The number of carbonyl (C=O) groups is 2. The first-order valence-corrected chi connectivity index (χ1v) is 5.22. The van der Waals surface area contributed by atoms with Gasteiger partial charge in [-0.2, -0.15) is 0 Å². The van der Waals surface area contributed by atoms with Crippen LogP contribution in [0.3, 0.4) is 0 Å². The number of pyridine rings is 1. The van der Waals surface area contributed by atoms with Gasteiger partial charge in [-0.15, -0.1) is 0 Å². The van der Waals surface area contributed by atoms with E-state index in [1.54, 1.807) is 0 Å². The standard InChI is InChI=1S/C11H12N2O4/c14-6-7-3-10(15)13(5-7)9-1-2-12-4-8(9)11(16)17/h1-2,4,7,14H,3,5-6H2,(H,16,17). The SMILES string of the molecule is O=C(O)c1cnccc1N1CC(CO)CC1=O. The molecule has 0 saturated carbocycles. The normalized spacial score (nSPS) is 19.7. The van der Waals surface area contributed by atoms with Crippen LogP contribution in [0.15, 0.2) is 18.5 Å². The number of nitrogens with zero attached hydrogens (tertiary/aromatic N) is 2. The van der Waals surface area contributed by atoms with Crippen LogP contribution in [0.5, 0.6) is 0 Å². The van der Waals surface area contributed by atoms with Crippen LogP contribution in [0.1, 0.15) is 16.8 Å². The summed E-state index contributed by atoms with van der Waals surface area (Å²) in [5, 5.41) is 18.0. The molecule has 1 aliphatic rings. The van der Waals surface area contributed by atoms with Gasteiger partial charge in [0, 0.05) is 37.9 Å². The number of aromatic carboxylic acids is 1. The first-order valence-electron chi connectivity index (χ1n) is 5.22. The molecule has 2 heterocycles. The average Bonchev–Trinajstić information content (AvgIpc) is 2.70. The second-order valence-electron chi connectivity index (χ2n) is 3.96. The van der Waals surface area contributed by atoms with Crippen LogP contribution in [0.25, 0.3) is 0 Å². The van der Waals surface area contributed by atoms with E-state index in [0.29, 0.717) is 12.2 Å². The zero-order valence-corrected chi connectivity index (χ0v) is 9.04. The van der Waals surface area contributed by atoms with Gasteiger partial charge in [-0.1, -0.05) is 0 Å². The number of rotatable bonds is 3. The van der Waals surface area contributed by atoms with E-state index in [0.717, 1.165) is 0 Å². The average molecular weight is 236 g/mol. The van der Waals surface area contributed by atoms with Crippen molar-refractivity contribution < 1.29 is 19.8 Å². The number of carboxylic acid groups (broad SMARTS) is 1. The smallest absolute Gasteiger partial charge is 0.339 e. The lowest BCUT2D eigenvalue weighted by Gasteiger charge is -2.18. The van der Waals surface area contributed by atoms with Gasteiger partial charge in [-0.3, -0.25) is 9.78 Å². The predicted octanol–water partition coefficient (Wildman–Crippen LogP) is 0.125. The molecular weight excluding hydrogens is 224 g/mol. The molecule has 0 aromatic carbocycles. The number of aliphatic hydroxyl groups excluding tert-OH is 1. The maximum atomic E-state index is 11.7. The third kappa shape index (κ3) is 2.12. The summed E-state index contributed by atoms with van der Waals surface area (Å²) >= 11 is 0. The Bertz CT molecular complexity index is 461. The number of aliphatic hydroxyl groups is 1. The number of hydrogen-bond donors (Lipinski definition) is 2. The fourth-order valence-electron chi connectivity index (χ4n) is 1.92. The van der Waals surface area contributed by atoms with Crippen molar-refractivity contribution in [1.29, 1.82) is 0 Å². The van der Waals surface area contributed by atoms with E-state index < -0.39 is 5.97 Å². The van der Waals surface area contributed by atoms with Crippen LogP contribution in [-0.2, 0) is 4.79 Å². The summed E-state index contributed by atoms with van der Waals surface area (Å²) in [5.41, 5.74) is 0.341. The number of anilines is 1. The topological polar surface area (TPSA) is 90.7 Å². The highest BCUT2D eigenvalue weighted by molar-refractivity contribution is 6.02. The molecule has 90 valence electrons. The van der Waals surface area contributed by atoms with Crippen molar-refractivity contribution in [3.8, 4) is 0 Å². The molecular formula is C11H12N2O4. The van der Waals surface area contributed by atoms with Crippen molar-refractivity contribution in [2.24, 2.45) is 5.92 Å². The van der Waals surface area contributed by atoms with Gasteiger partial charge < -0.3 is 15.1 Å². The van der Waals surface area contributed by atoms with Gasteiger partial charge in [0.05, 0.1) is 5.69 Å². The lowest BCUT2D eigenvalue weighted by atomic mass is 10.1. The molecule has 0 radical (unpaired) electrons. The zero-order chi connectivity index (χ0) is 12.4. The highest BCUT2D eigenvalue weighted by Gasteiger charge is 2.32. The molecule has 0 aliphatic carbocycles. The van der Waals surface area contributed by atoms with Crippen LogP contribution in [-0.4, -0.2) is 40.2 Å². The monoisotopic (exact) mass is 236 g/mol. The summed E-state index contributed by atoms with van der Waals surface area (Å²) < 4.78 is 0. The summed E-state index contributed by atoms with van der Waals surface area (Å²) in [6.45, 7) is 0.273. The Hall–Kier alpha value is -1.95. The van der Waals surface area contributed by atoms with E-state index in [1.165, 1.54) is 23.4 Å². The Balaban J connectivity index is 2.35. The molecule has 1 fully saturated rings. The Morgan fingerprint density at radius 1 is 1.59 bits per heavy atom. The Morgan fingerprint density at radius 2 is 2.35 bits per heavy atom. The highest BCUT2D eigenvalue weighted by Crippen LogP contribution is 2.27. The second-order valence-corrected chi connectivity index (χ2v) is 3.96. The number of amides is 1. The molecule has 1 aromatic heterocycles. The first-order chi connectivity index (χ1) is 8.13. The van der Waals surface area contributed by atoms with Gasteiger partial charge in [0.25, 0.3) is 0 Å². The van der Waals surface area contributed by atoms with E-state index in [2.05, 4.69) is 4.98 Å². The van der Waals surface area contributed by atoms with E-state index in [9.17, 15) is 9.59 Å². The minimum absolute atomic E-state index is 0.000519.